The van der Waals surface area contributed by atoms with Crippen molar-refractivity contribution in [1.29, 1.82) is 0 Å². The monoisotopic (exact) mass is 420 g/mol. The van der Waals surface area contributed by atoms with Crippen molar-refractivity contribution < 1.29 is 23.5 Å². The summed E-state index contributed by atoms with van der Waals surface area (Å²) in [5, 5.41) is 5.56. The van der Waals surface area contributed by atoms with Crippen LogP contribution in [0.3, 0.4) is 0 Å². The minimum absolute atomic E-state index is 0.145. The molecule has 0 spiro atoms. The number of benzene rings is 2. The number of carbonyl (C=O) groups excluding carboxylic acids is 2. The van der Waals surface area contributed by atoms with Gasteiger partial charge in [0.05, 0.1) is 13.4 Å². The van der Waals surface area contributed by atoms with Gasteiger partial charge < -0.3 is 24.5 Å². The summed E-state index contributed by atoms with van der Waals surface area (Å²) in [6.45, 7) is 2.09. The van der Waals surface area contributed by atoms with Crippen molar-refractivity contribution in [1.82, 2.24) is 5.32 Å². The first kappa shape index (κ1) is 21.7. The first-order chi connectivity index (χ1) is 15.1. The number of methoxy groups -OCH3 is 1. The Morgan fingerprint density at radius 1 is 1.06 bits per heavy atom. The van der Waals surface area contributed by atoms with Gasteiger partial charge in [0.1, 0.15) is 0 Å². The zero-order chi connectivity index (χ0) is 22.1. The van der Waals surface area contributed by atoms with Gasteiger partial charge in [-0.3, -0.25) is 9.59 Å². The van der Waals surface area contributed by atoms with Crippen molar-refractivity contribution in [3.8, 4) is 11.5 Å². The SMILES string of the molecule is C/C=C/c1ccc(OCC(=O)NCc2cccc(NC(=O)c3ccco3)c2)c(OC)c1. The van der Waals surface area contributed by atoms with Crippen LogP contribution in [0.4, 0.5) is 5.69 Å². The summed E-state index contributed by atoms with van der Waals surface area (Å²) in [6, 6.07) is 15.9. The predicted octanol–water partition coefficient (Wildman–Crippen LogP) is 4.27. The summed E-state index contributed by atoms with van der Waals surface area (Å²) in [4.78, 5) is 24.3. The number of ether oxygens (including phenoxy) is 2. The first-order valence-corrected chi connectivity index (χ1v) is 9.73. The van der Waals surface area contributed by atoms with Gasteiger partial charge in [0.2, 0.25) is 0 Å². The van der Waals surface area contributed by atoms with Crippen molar-refractivity contribution in [3.05, 3.63) is 83.8 Å². The molecule has 0 aliphatic carbocycles. The summed E-state index contributed by atoms with van der Waals surface area (Å²) in [7, 11) is 1.55. The van der Waals surface area contributed by atoms with E-state index in [2.05, 4.69) is 10.6 Å². The summed E-state index contributed by atoms with van der Waals surface area (Å²) in [5.74, 6) is 0.667. The second kappa shape index (κ2) is 10.7. The van der Waals surface area contributed by atoms with E-state index in [4.69, 9.17) is 13.9 Å². The van der Waals surface area contributed by atoms with Crippen LogP contribution in [0.15, 0.2) is 71.4 Å². The summed E-state index contributed by atoms with van der Waals surface area (Å²) < 4.78 is 16.0. The average Bonchev–Trinajstić information content (AvgIpc) is 3.32. The number of hydrogen-bond acceptors (Lipinski definition) is 5. The molecule has 2 N–H and O–H groups in total. The molecule has 2 aromatic carbocycles. The van der Waals surface area contributed by atoms with Gasteiger partial charge in [-0.2, -0.15) is 0 Å². The summed E-state index contributed by atoms with van der Waals surface area (Å²) >= 11 is 0. The zero-order valence-electron chi connectivity index (χ0n) is 17.4. The Kier molecular flexibility index (Phi) is 7.48. The number of anilines is 1. The highest BCUT2D eigenvalue weighted by Gasteiger charge is 2.10. The molecule has 0 radical (unpaired) electrons. The van der Waals surface area contributed by atoms with Crippen LogP contribution in [-0.4, -0.2) is 25.5 Å². The lowest BCUT2D eigenvalue weighted by Gasteiger charge is -2.12. The van der Waals surface area contributed by atoms with Crippen molar-refractivity contribution in [3.63, 3.8) is 0 Å². The lowest BCUT2D eigenvalue weighted by atomic mass is 10.2. The number of furan rings is 1. The topological polar surface area (TPSA) is 89.8 Å². The van der Waals surface area contributed by atoms with E-state index in [1.54, 1.807) is 43.5 Å². The van der Waals surface area contributed by atoms with E-state index in [9.17, 15) is 9.59 Å². The van der Waals surface area contributed by atoms with Gasteiger partial charge in [0.25, 0.3) is 11.8 Å². The lowest BCUT2D eigenvalue weighted by Crippen LogP contribution is -2.28. The van der Waals surface area contributed by atoms with Gasteiger partial charge in [-0.1, -0.05) is 30.4 Å². The molecular formula is C24H24N2O5. The van der Waals surface area contributed by atoms with Gasteiger partial charge >= 0.3 is 0 Å². The summed E-state index contributed by atoms with van der Waals surface area (Å²) in [5.41, 5.74) is 2.42. The minimum Gasteiger partial charge on any atom is -0.493 e. The molecule has 31 heavy (non-hydrogen) atoms. The fraction of sp³-hybridized carbons (Fsp3) is 0.167. The van der Waals surface area contributed by atoms with Crippen molar-refractivity contribution in [2.75, 3.05) is 19.0 Å². The van der Waals surface area contributed by atoms with Gasteiger partial charge in [0, 0.05) is 12.2 Å². The maximum Gasteiger partial charge on any atom is 0.291 e. The van der Waals surface area contributed by atoms with Crippen LogP contribution in [0.2, 0.25) is 0 Å². The third-order valence-corrected chi connectivity index (χ3v) is 4.33. The number of amides is 2. The van der Waals surface area contributed by atoms with E-state index in [1.807, 2.05) is 37.3 Å². The molecule has 0 unspecified atom stereocenters. The van der Waals surface area contributed by atoms with E-state index in [0.29, 0.717) is 23.7 Å². The van der Waals surface area contributed by atoms with Crippen LogP contribution < -0.4 is 20.1 Å². The fourth-order valence-electron chi connectivity index (χ4n) is 2.85. The maximum atomic E-state index is 12.2. The molecule has 0 aliphatic rings. The number of carbonyl (C=O) groups is 2. The van der Waals surface area contributed by atoms with Crippen molar-refractivity contribution >= 4 is 23.6 Å². The molecule has 1 aromatic heterocycles. The molecule has 0 saturated heterocycles. The van der Waals surface area contributed by atoms with E-state index < -0.39 is 0 Å². The zero-order valence-corrected chi connectivity index (χ0v) is 17.4. The quantitative estimate of drug-likeness (QED) is 0.540. The maximum absolute atomic E-state index is 12.2. The number of hydrogen-bond donors (Lipinski definition) is 2. The van der Waals surface area contributed by atoms with Gasteiger partial charge in [-0.15, -0.1) is 0 Å². The van der Waals surface area contributed by atoms with Crippen molar-refractivity contribution in [2.24, 2.45) is 0 Å². The van der Waals surface area contributed by atoms with Crippen LogP contribution >= 0.6 is 0 Å². The Labute approximate surface area is 180 Å². The normalized spacial score (nSPS) is 10.6. The smallest absolute Gasteiger partial charge is 0.291 e. The third-order valence-electron chi connectivity index (χ3n) is 4.33. The van der Waals surface area contributed by atoms with Crippen LogP contribution in [0.1, 0.15) is 28.6 Å². The van der Waals surface area contributed by atoms with E-state index in [-0.39, 0.29) is 24.2 Å². The number of rotatable bonds is 9. The molecule has 7 nitrogen and oxygen atoms in total. The molecule has 0 fully saturated rings. The van der Waals surface area contributed by atoms with Crippen LogP contribution in [0, 0.1) is 0 Å². The van der Waals surface area contributed by atoms with E-state index in [0.717, 1.165) is 11.1 Å². The molecule has 1 heterocycles. The fourth-order valence-corrected chi connectivity index (χ4v) is 2.85. The third kappa shape index (κ3) is 6.24. The molecule has 0 bridgehead atoms. The van der Waals surface area contributed by atoms with Gasteiger partial charge in [-0.25, -0.2) is 0 Å². The first-order valence-electron chi connectivity index (χ1n) is 9.73. The Morgan fingerprint density at radius 2 is 1.94 bits per heavy atom. The van der Waals surface area contributed by atoms with Gasteiger partial charge in [-0.05, 0) is 54.4 Å². The molecule has 7 heteroatoms. The summed E-state index contributed by atoms with van der Waals surface area (Å²) in [6.07, 6.45) is 5.32. The highest BCUT2D eigenvalue weighted by molar-refractivity contribution is 6.02. The highest BCUT2D eigenvalue weighted by atomic mass is 16.5. The Morgan fingerprint density at radius 3 is 2.68 bits per heavy atom. The molecule has 3 rings (SSSR count). The molecule has 2 amide bonds. The average molecular weight is 420 g/mol. The van der Waals surface area contributed by atoms with Gasteiger partial charge in [0.15, 0.2) is 23.9 Å². The van der Waals surface area contributed by atoms with E-state index in [1.165, 1.54) is 6.26 Å². The second-order valence-corrected chi connectivity index (χ2v) is 6.61. The molecular weight excluding hydrogens is 396 g/mol. The van der Waals surface area contributed by atoms with E-state index >= 15 is 0 Å². The second-order valence-electron chi connectivity index (χ2n) is 6.61. The largest absolute Gasteiger partial charge is 0.493 e. The Hall–Kier alpha value is -4.00. The lowest BCUT2D eigenvalue weighted by molar-refractivity contribution is -0.123. The van der Waals surface area contributed by atoms with Crippen LogP contribution in [0.25, 0.3) is 6.08 Å². The van der Waals surface area contributed by atoms with Crippen LogP contribution in [0.5, 0.6) is 11.5 Å². The Bertz CT molecular complexity index is 1060. The predicted molar refractivity (Wildman–Crippen MR) is 118 cm³/mol. The molecule has 160 valence electrons. The van der Waals surface area contributed by atoms with Crippen molar-refractivity contribution in [2.45, 2.75) is 13.5 Å². The van der Waals surface area contributed by atoms with Crippen LogP contribution in [-0.2, 0) is 11.3 Å². The number of allylic oxidation sites excluding steroid dienone is 1. The molecule has 0 saturated carbocycles. The molecule has 0 atom stereocenters. The molecule has 0 aliphatic heterocycles. The highest BCUT2D eigenvalue weighted by Crippen LogP contribution is 2.28. The Balaban J connectivity index is 1.51. The number of nitrogens with one attached hydrogen (secondary N) is 2. The standard InChI is InChI=1S/C24H24N2O5/c1-3-6-17-10-11-20(22(14-17)29-2)31-16-23(27)25-15-18-7-4-8-19(13-18)26-24(28)21-9-5-12-30-21/h3-14H,15-16H2,1-2H3,(H,25,27)(H,26,28)/b6-3+. The molecule has 3 aromatic rings. The minimum atomic E-state index is -0.339.